The Balaban J connectivity index is 2.62. The third-order valence-corrected chi connectivity index (χ3v) is 2.76. The Morgan fingerprint density at radius 1 is 1.00 bits per heavy atom. The van der Waals surface area contributed by atoms with Gasteiger partial charge in [0.05, 0.1) is 10.7 Å². The molecule has 2 aromatic heterocycles. The minimum Gasteiger partial charge on any atom is -0.260 e. The first-order valence-corrected chi connectivity index (χ1v) is 5.51. The molecule has 0 saturated carbocycles. The second-order valence-electron chi connectivity index (χ2n) is 3.98. The predicted octanol–water partition coefficient (Wildman–Crippen LogP) is 3.72. The lowest BCUT2D eigenvalue weighted by Gasteiger charge is -2.08. The molecule has 82 valence electrons. The molecule has 0 aliphatic carbocycles. The van der Waals surface area contributed by atoms with Crippen LogP contribution in [-0.4, -0.2) is 9.97 Å². The van der Waals surface area contributed by atoms with Gasteiger partial charge in [-0.15, -0.1) is 0 Å². The summed E-state index contributed by atoms with van der Waals surface area (Å²) in [7, 11) is 0. The van der Waals surface area contributed by atoms with E-state index in [0.29, 0.717) is 5.02 Å². The van der Waals surface area contributed by atoms with Crippen molar-refractivity contribution in [3.8, 4) is 11.3 Å². The number of rotatable bonds is 1. The highest BCUT2D eigenvalue weighted by Gasteiger charge is 2.08. The molecule has 0 N–H and O–H groups in total. The van der Waals surface area contributed by atoms with Crippen LogP contribution in [0.3, 0.4) is 0 Å². The van der Waals surface area contributed by atoms with Crippen LogP contribution >= 0.6 is 11.6 Å². The van der Waals surface area contributed by atoms with Crippen LogP contribution in [0.1, 0.15) is 16.8 Å². The standard InChI is InChI=1S/C13H13ClN2/c1-8-4-9(2)13(16-6-8)11-5-10(3)15-7-12(11)14/h4-7H,1-3H3. The summed E-state index contributed by atoms with van der Waals surface area (Å²) in [5, 5.41) is 0.644. The van der Waals surface area contributed by atoms with Crippen molar-refractivity contribution in [2.75, 3.05) is 0 Å². The molecule has 0 unspecified atom stereocenters. The normalized spacial score (nSPS) is 10.5. The maximum absolute atomic E-state index is 6.14. The zero-order valence-corrected chi connectivity index (χ0v) is 10.3. The second-order valence-corrected chi connectivity index (χ2v) is 4.39. The van der Waals surface area contributed by atoms with Gasteiger partial charge in [-0.2, -0.15) is 0 Å². The molecule has 0 amide bonds. The summed E-state index contributed by atoms with van der Waals surface area (Å²) in [5.41, 5.74) is 5.12. The molecule has 0 atom stereocenters. The first-order valence-electron chi connectivity index (χ1n) is 5.13. The summed E-state index contributed by atoms with van der Waals surface area (Å²) in [6, 6.07) is 4.07. The molecule has 3 heteroatoms. The Morgan fingerprint density at radius 3 is 2.44 bits per heavy atom. The molecular weight excluding hydrogens is 220 g/mol. The first-order chi connectivity index (χ1) is 7.58. The Hall–Kier alpha value is -1.41. The minimum atomic E-state index is 0.644. The summed E-state index contributed by atoms with van der Waals surface area (Å²) in [6.07, 6.45) is 3.53. The van der Waals surface area contributed by atoms with E-state index in [-0.39, 0.29) is 0 Å². The van der Waals surface area contributed by atoms with Crippen LogP contribution in [0.5, 0.6) is 0 Å². The number of hydrogen-bond donors (Lipinski definition) is 0. The van der Waals surface area contributed by atoms with Gasteiger partial charge in [0.1, 0.15) is 0 Å². The highest BCUT2D eigenvalue weighted by Crippen LogP contribution is 2.28. The van der Waals surface area contributed by atoms with Gasteiger partial charge in [0, 0.05) is 23.7 Å². The van der Waals surface area contributed by atoms with Crippen molar-refractivity contribution < 1.29 is 0 Å². The fraction of sp³-hybridized carbons (Fsp3) is 0.231. The van der Waals surface area contributed by atoms with Gasteiger partial charge < -0.3 is 0 Å². The van der Waals surface area contributed by atoms with E-state index < -0.39 is 0 Å². The Morgan fingerprint density at radius 2 is 1.75 bits per heavy atom. The molecule has 2 rings (SSSR count). The van der Waals surface area contributed by atoms with Crippen LogP contribution in [0.4, 0.5) is 0 Å². The van der Waals surface area contributed by atoms with E-state index in [9.17, 15) is 0 Å². The number of halogens is 1. The number of aryl methyl sites for hydroxylation is 3. The number of pyridine rings is 2. The van der Waals surface area contributed by atoms with Gasteiger partial charge in [-0.05, 0) is 38.0 Å². The zero-order chi connectivity index (χ0) is 11.7. The average Bonchev–Trinajstić information content (AvgIpc) is 2.22. The molecule has 0 fully saturated rings. The monoisotopic (exact) mass is 232 g/mol. The van der Waals surface area contributed by atoms with E-state index in [1.165, 1.54) is 0 Å². The van der Waals surface area contributed by atoms with Crippen molar-refractivity contribution in [1.29, 1.82) is 0 Å². The van der Waals surface area contributed by atoms with Crippen molar-refractivity contribution in [3.05, 3.63) is 46.4 Å². The van der Waals surface area contributed by atoms with Crippen LogP contribution in [0, 0.1) is 20.8 Å². The van der Waals surface area contributed by atoms with Crippen LogP contribution in [0.25, 0.3) is 11.3 Å². The van der Waals surface area contributed by atoms with Gasteiger partial charge >= 0.3 is 0 Å². The lowest BCUT2D eigenvalue weighted by Crippen LogP contribution is -1.92. The lowest BCUT2D eigenvalue weighted by atomic mass is 10.1. The smallest absolute Gasteiger partial charge is 0.0747 e. The van der Waals surface area contributed by atoms with Crippen molar-refractivity contribution >= 4 is 11.6 Å². The highest BCUT2D eigenvalue weighted by atomic mass is 35.5. The van der Waals surface area contributed by atoms with Gasteiger partial charge in [-0.1, -0.05) is 17.7 Å². The number of nitrogens with zero attached hydrogens (tertiary/aromatic N) is 2. The minimum absolute atomic E-state index is 0.644. The summed E-state index contributed by atoms with van der Waals surface area (Å²) >= 11 is 6.14. The van der Waals surface area contributed by atoms with E-state index in [4.69, 9.17) is 11.6 Å². The van der Waals surface area contributed by atoms with Gasteiger partial charge in [0.25, 0.3) is 0 Å². The molecule has 0 radical (unpaired) electrons. The molecule has 2 nitrogen and oxygen atoms in total. The fourth-order valence-corrected chi connectivity index (χ4v) is 1.91. The maximum Gasteiger partial charge on any atom is 0.0747 e. The van der Waals surface area contributed by atoms with E-state index >= 15 is 0 Å². The van der Waals surface area contributed by atoms with Crippen molar-refractivity contribution in [2.45, 2.75) is 20.8 Å². The summed E-state index contributed by atoms with van der Waals surface area (Å²) < 4.78 is 0. The SMILES string of the molecule is Cc1cnc(-c2cc(C)ncc2Cl)c(C)c1. The fourth-order valence-electron chi connectivity index (χ4n) is 1.72. The molecule has 0 saturated heterocycles. The predicted molar refractivity (Wildman–Crippen MR) is 66.7 cm³/mol. The molecule has 2 aromatic rings. The summed E-state index contributed by atoms with van der Waals surface area (Å²) in [6.45, 7) is 6.02. The highest BCUT2D eigenvalue weighted by molar-refractivity contribution is 6.33. The Labute approximate surface area is 100 Å². The van der Waals surface area contributed by atoms with Crippen molar-refractivity contribution in [3.63, 3.8) is 0 Å². The molecule has 0 aromatic carbocycles. The first kappa shape index (κ1) is 11.1. The lowest BCUT2D eigenvalue weighted by molar-refractivity contribution is 1.18. The molecule has 0 bridgehead atoms. The third kappa shape index (κ3) is 2.07. The van der Waals surface area contributed by atoms with Crippen molar-refractivity contribution in [2.24, 2.45) is 0 Å². The molecular formula is C13H13ClN2. The number of hydrogen-bond acceptors (Lipinski definition) is 2. The van der Waals surface area contributed by atoms with Crippen molar-refractivity contribution in [1.82, 2.24) is 9.97 Å². The largest absolute Gasteiger partial charge is 0.260 e. The summed E-state index contributed by atoms with van der Waals surface area (Å²) in [5.74, 6) is 0. The van der Waals surface area contributed by atoms with Crippen LogP contribution < -0.4 is 0 Å². The van der Waals surface area contributed by atoms with Gasteiger partial charge in [-0.25, -0.2) is 0 Å². The van der Waals surface area contributed by atoms with Gasteiger partial charge in [-0.3, -0.25) is 9.97 Å². The van der Waals surface area contributed by atoms with Crippen LogP contribution in [0.15, 0.2) is 24.5 Å². The van der Waals surface area contributed by atoms with Crippen LogP contribution in [0.2, 0.25) is 5.02 Å². The quantitative estimate of drug-likeness (QED) is 0.749. The van der Waals surface area contributed by atoms with E-state index in [1.807, 2.05) is 33.0 Å². The third-order valence-electron chi connectivity index (χ3n) is 2.46. The van der Waals surface area contributed by atoms with E-state index in [1.54, 1.807) is 6.20 Å². The molecule has 0 spiro atoms. The van der Waals surface area contributed by atoms with Gasteiger partial charge in [0.15, 0.2) is 0 Å². The van der Waals surface area contributed by atoms with E-state index in [2.05, 4.69) is 16.0 Å². The van der Waals surface area contributed by atoms with E-state index in [0.717, 1.165) is 28.1 Å². The van der Waals surface area contributed by atoms with Crippen LogP contribution in [-0.2, 0) is 0 Å². The Kier molecular flexibility index (Phi) is 2.92. The topological polar surface area (TPSA) is 25.8 Å². The summed E-state index contributed by atoms with van der Waals surface area (Å²) in [4.78, 5) is 8.59. The average molecular weight is 233 g/mol. The molecule has 0 aliphatic rings. The molecule has 2 heterocycles. The van der Waals surface area contributed by atoms with Gasteiger partial charge in [0.2, 0.25) is 0 Å². The number of aromatic nitrogens is 2. The maximum atomic E-state index is 6.14. The molecule has 16 heavy (non-hydrogen) atoms. The molecule has 0 aliphatic heterocycles. The zero-order valence-electron chi connectivity index (χ0n) is 9.58. The Bertz CT molecular complexity index is 535. The second kappa shape index (κ2) is 4.22.